The zero-order chi connectivity index (χ0) is 22.4. The van der Waals surface area contributed by atoms with Crippen LogP contribution in [0.2, 0.25) is 0 Å². The number of hydrogen-bond donors (Lipinski definition) is 2. The predicted octanol–water partition coefficient (Wildman–Crippen LogP) is 5.72. The van der Waals surface area contributed by atoms with Crippen molar-refractivity contribution in [3.63, 3.8) is 0 Å². The van der Waals surface area contributed by atoms with Crippen LogP contribution in [0, 0.1) is 23.7 Å². The number of anilines is 1. The second-order valence-corrected chi connectivity index (χ2v) is 11.7. The normalized spacial score (nSPS) is 34.4. The molecule has 1 aromatic rings. The van der Waals surface area contributed by atoms with Crippen LogP contribution in [0.5, 0.6) is 0 Å². The highest BCUT2D eigenvalue weighted by atomic mass is 32.1. The number of aromatic carboxylic acids is 1. The first-order valence-electron chi connectivity index (χ1n) is 12.5. The van der Waals surface area contributed by atoms with Crippen molar-refractivity contribution in [1.29, 1.82) is 0 Å². The summed E-state index contributed by atoms with van der Waals surface area (Å²) in [7, 11) is 0. The average molecular weight is 458 g/mol. The number of amides is 1. The highest BCUT2D eigenvalue weighted by molar-refractivity contribution is 7.15. The molecule has 2 bridgehead atoms. The van der Waals surface area contributed by atoms with E-state index < -0.39 is 5.97 Å². The quantitative estimate of drug-likeness (QED) is 0.592. The van der Waals surface area contributed by atoms with Crippen molar-refractivity contribution in [3.8, 4) is 0 Å². The second-order valence-electron chi connectivity index (χ2n) is 10.6. The molecule has 0 aromatic carbocycles. The molecule has 0 saturated heterocycles. The maximum absolute atomic E-state index is 13.9. The number of thiophene rings is 1. The highest BCUT2D eigenvalue weighted by Gasteiger charge is 2.39. The maximum atomic E-state index is 13.9. The molecule has 2 unspecified atom stereocenters. The largest absolute Gasteiger partial charge is 0.477 e. The van der Waals surface area contributed by atoms with Crippen molar-refractivity contribution in [1.82, 2.24) is 0 Å². The number of aliphatic hydroxyl groups excluding tert-OH is 1. The lowest BCUT2D eigenvalue weighted by atomic mass is 9.81. The summed E-state index contributed by atoms with van der Waals surface area (Å²) < 4.78 is 0. The number of fused-ring (bicyclic) bond motifs is 2. The molecular weight excluding hydrogens is 422 g/mol. The molecule has 0 radical (unpaired) electrons. The van der Waals surface area contributed by atoms with E-state index >= 15 is 0 Å². The van der Waals surface area contributed by atoms with Crippen LogP contribution in [-0.2, 0) is 4.79 Å². The van der Waals surface area contributed by atoms with E-state index in [1.54, 1.807) is 0 Å². The highest BCUT2D eigenvalue weighted by Crippen LogP contribution is 2.51. The van der Waals surface area contributed by atoms with Gasteiger partial charge in [0.2, 0.25) is 5.91 Å². The molecule has 32 heavy (non-hydrogen) atoms. The van der Waals surface area contributed by atoms with Crippen LogP contribution in [0.3, 0.4) is 0 Å². The molecule has 2 atom stereocenters. The Bertz CT molecular complexity index is 905. The molecule has 3 fully saturated rings. The Morgan fingerprint density at radius 3 is 2.31 bits per heavy atom. The maximum Gasteiger partial charge on any atom is 0.348 e. The summed E-state index contributed by atoms with van der Waals surface area (Å²) in [6.45, 7) is 2.25. The smallest absolute Gasteiger partial charge is 0.348 e. The third-order valence-corrected chi connectivity index (χ3v) is 9.57. The van der Waals surface area contributed by atoms with Crippen molar-refractivity contribution in [2.75, 3.05) is 4.90 Å². The lowest BCUT2D eigenvalue weighted by Crippen LogP contribution is -2.47. The van der Waals surface area contributed by atoms with Crippen LogP contribution in [-0.4, -0.2) is 34.2 Å². The molecule has 0 spiro atoms. The number of nitrogens with zero attached hydrogens (tertiary/aromatic N) is 1. The third kappa shape index (κ3) is 4.16. The summed E-state index contributed by atoms with van der Waals surface area (Å²) in [5.41, 5.74) is 1.91. The Hall–Kier alpha value is -1.66. The van der Waals surface area contributed by atoms with Gasteiger partial charge in [-0.05, 0) is 100 Å². The monoisotopic (exact) mass is 457 g/mol. The fourth-order valence-electron chi connectivity index (χ4n) is 6.49. The fraction of sp³-hybridized carbons (Fsp3) is 0.692. The summed E-state index contributed by atoms with van der Waals surface area (Å²) in [4.78, 5) is 29.4. The van der Waals surface area contributed by atoms with Crippen molar-refractivity contribution in [2.24, 2.45) is 23.7 Å². The molecule has 0 aliphatic heterocycles. The first-order valence-corrected chi connectivity index (χ1v) is 13.3. The van der Waals surface area contributed by atoms with E-state index in [1.807, 2.05) is 11.0 Å². The van der Waals surface area contributed by atoms with E-state index in [9.17, 15) is 19.8 Å². The molecule has 2 N–H and O–H groups in total. The van der Waals surface area contributed by atoms with Crippen molar-refractivity contribution >= 4 is 34.5 Å². The van der Waals surface area contributed by atoms with Gasteiger partial charge in [-0.25, -0.2) is 4.79 Å². The minimum absolute atomic E-state index is 0.0234. The first-order chi connectivity index (χ1) is 15.4. The predicted molar refractivity (Wildman–Crippen MR) is 127 cm³/mol. The summed E-state index contributed by atoms with van der Waals surface area (Å²) in [5.74, 6) is 0.977. The van der Waals surface area contributed by atoms with E-state index in [2.05, 4.69) is 13.0 Å². The molecule has 174 valence electrons. The molecule has 4 aliphatic rings. The zero-order valence-corrected chi connectivity index (χ0v) is 19.8. The number of aliphatic hydroxyl groups is 1. The van der Waals surface area contributed by atoms with Gasteiger partial charge in [0.1, 0.15) is 4.88 Å². The molecule has 6 heteroatoms. The summed E-state index contributed by atoms with van der Waals surface area (Å²) in [6.07, 6.45) is 12.4. The Kier molecular flexibility index (Phi) is 6.19. The SMILES string of the molecule is CC1CCC(C(=O)N(c2cc(C3=CC4CCC3C4)sc2C(=O)O)C2CCC(O)CC2)CC1. The van der Waals surface area contributed by atoms with Crippen LogP contribution in [0.1, 0.15) is 92.1 Å². The number of carbonyl (C=O) groups excluding carboxylic acids is 1. The standard InChI is InChI=1S/C26H35NO4S/c1-15-2-5-17(6-3-15)25(29)27(19-8-10-20(28)11-9-19)22-14-23(32-24(22)26(30)31)21-13-16-4-7-18(21)12-16/h13-20,28H,2-12H2,1H3,(H,30,31). The van der Waals surface area contributed by atoms with Gasteiger partial charge in [0.15, 0.2) is 0 Å². The Morgan fingerprint density at radius 1 is 1.00 bits per heavy atom. The van der Waals surface area contributed by atoms with Gasteiger partial charge in [0, 0.05) is 16.8 Å². The number of carboxylic acids is 1. The van der Waals surface area contributed by atoms with E-state index in [4.69, 9.17) is 0 Å². The summed E-state index contributed by atoms with van der Waals surface area (Å²) in [5, 5.41) is 20.1. The average Bonchev–Trinajstić information content (AvgIpc) is 3.51. The van der Waals surface area contributed by atoms with Crippen LogP contribution in [0.15, 0.2) is 12.1 Å². The lowest BCUT2D eigenvalue weighted by molar-refractivity contribution is -0.124. The van der Waals surface area contributed by atoms with Gasteiger partial charge in [0.05, 0.1) is 11.8 Å². The molecule has 5 rings (SSSR count). The van der Waals surface area contributed by atoms with Gasteiger partial charge >= 0.3 is 5.97 Å². The van der Waals surface area contributed by atoms with Gasteiger partial charge in [-0.1, -0.05) is 13.0 Å². The van der Waals surface area contributed by atoms with Gasteiger partial charge in [0.25, 0.3) is 0 Å². The Balaban J connectivity index is 1.51. The Morgan fingerprint density at radius 2 is 1.72 bits per heavy atom. The fourth-order valence-corrected chi connectivity index (χ4v) is 7.59. The van der Waals surface area contributed by atoms with E-state index in [-0.39, 0.29) is 24.0 Å². The van der Waals surface area contributed by atoms with Gasteiger partial charge < -0.3 is 15.1 Å². The van der Waals surface area contributed by atoms with Crippen LogP contribution < -0.4 is 4.90 Å². The Labute approximate surface area is 194 Å². The van der Waals surface area contributed by atoms with Crippen molar-refractivity contribution in [2.45, 2.75) is 89.7 Å². The number of carboxylic acid groups (broad SMARTS) is 1. The molecule has 3 saturated carbocycles. The van der Waals surface area contributed by atoms with Gasteiger partial charge in [-0.2, -0.15) is 0 Å². The minimum atomic E-state index is -0.939. The third-order valence-electron chi connectivity index (χ3n) is 8.41. The second kappa shape index (κ2) is 8.94. The van der Waals surface area contributed by atoms with Gasteiger partial charge in [-0.15, -0.1) is 11.3 Å². The van der Waals surface area contributed by atoms with Crippen LogP contribution in [0.25, 0.3) is 5.57 Å². The molecule has 5 nitrogen and oxygen atoms in total. The number of rotatable bonds is 5. The molecular formula is C26H35NO4S. The van der Waals surface area contributed by atoms with Gasteiger partial charge in [-0.3, -0.25) is 4.79 Å². The number of carbonyl (C=O) groups is 2. The lowest BCUT2D eigenvalue weighted by Gasteiger charge is -2.38. The van der Waals surface area contributed by atoms with Crippen LogP contribution >= 0.6 is 11.3 Å². The summed E-state index contributed by atoms with van der Waals surface area (Å²) >= 11 is 1.35. The molecule has 1 amide bonds. The zero-order valence-electron chi connectivity index (χ0n) is 19.0. The first kappa shape index (κ1) is 22.1. The minimum Gasteiger partial charge on any atom is -0.477 e. The van der Waals surface area contributed by atoms with E-state index in [0.717, 1.165) is 43.4 Å². The molecule has 1 aromatic heterocycles. The number of hydrogen-bond acceptors (Lipinski definition) is 4. The van der Waals surface area contributed by atoms with E-state index in [0.29, 0.717) is 41.2 Å². The molecule has 4 aliphatic carbocycles. The topological polar surface area (TPSA) is 77.8 Å². The van der Waals surface area contributed by atoms with E-state index in [1.165, 1.54) is 36.2 Å². The number of allylic oxidation sites excluding steroid dienone is 2. The summed E-state index contributed by atoms with van der Waals surface area (Å²) in [6, 6.07) is 1.98. The van der Waals surface area contributed by atoms with Crippen molar-refractivity contribution < 1.29 is 19.8 Å². The molecule has 1 heterocycles. The van der Waals surface area contributed by atoms with Crippen LogP contribution in [0.4, 0.5) is 5.69 Å². The van der Waals surface area contributed by atoms with Crippen molar-refractivity contribution in [3.05, 3.63) is 21.9 Å².